The average molecular weight is 477 g/mol. The third-order valence-corrected chi connectivity index (χ3v) is 7.54. The van der Waals surface area contributed by atoms with Gasteiger partial charge >= 0.3 is 0 Å². The largest absolute Gasteiger partial charge is 0.382 e. The van der Waals surface area contributed by atoms with Gasteiger partial charge in [0.1, 0.15) is 10.7 Å². The number of carbonyl (C=O) groups is 1. The second-order valence-corrected chi connectivity index (χ2v) is 9.82. The van der Waals surface area contributed by atoms with Crippen LogP contribution < -0.4 is 10.0 Å². The number of benzene rings is 2. The molecule has 3 rings (SSSR count). The van der Waals surface area contributed by atoms with Gasteiger partial charge in [-0.25, -0.2) is 17.7 Å². The fourth-order valence-electron chi connectivity index (χ4n) is 2.30. The summed E-state index contributed by atoms with van der Waals surface area (Å²) in [5, 5.41) is 0.853. The predicted octanol–water partition coefficient (Wildman–Crippen LogP) is 4.74. The Morgan fingerprint density at radius 3 is 2.43 bits per heavy atom. The van der Waals surface area contributed by atoms with Gasteiger partial charge < -0.3 is 5.73 Å². The molecule has 0 unspecified atom stereocenters. The van der Waals surface area contributed by atoms with Crippen LogP contribution in [0.25, 0.3) is 0 Å². The summed E-state index contributed by atoms with van der Waals surface area (Å²) in [5.41, 5.74) is 6.06. The summed E-state index contributed by atoms with van der Waals surface area (Å²) in [6.45, 7) is 0. The molecule has 1 heterocycles. The first-order valence-electron chi connectivity index (χ1n) is 7.62. The summed E-state index contributed by atoms with van der Waals surface area (Å²) in [6, 6.07) is 10.3. The van der Waals surface area contributed by atoms with E-state index in [2.05, 4.69) is 4.98 Å². The lowest BCUT2D eigenvalue weighted by atomic mass is 10.1. The molecule has 28 heavy (non-hydrogen) atoms. The number of anilines is 2. The molecular weight excluding hydrogens is 465 g/mol. The van der Waals surface area contributed by atoms with Gasteiger partial charge in [0.25, 0.3) is 10.0 Å². The molecule has 0 amide bonds. The lowest BCUT2D eigenvalue weighted by molar-refractivity contribution is 0.104. The van der Waals surface area contributed by atoms with Crippen LogP contribution in [0.5, 0.6) is 0 Å². The number of aromatic nitrogens is 1. The number of ketones is 1. The first kappa shape index (κ1) is 20.9. The monoisotopic (exact) mass is 475 g/mol. The zero-order chi connectivity index (χ0) is 20.6. The summed E-state index contributed by atoms with van der Waals surface area (Å²) < 4.78 is 26.6. The van der Waals surface area contributed by atoms with Gasteiger partial charge in [-0.15, -0.1) is 0 Å². The van der Waals surface area contributed by atoms with Gasteiger partial charge in [0.15, 0.2) is 0 Å². The van der Waals surface area contributed by atoms with Gasteiger partial charge in [-0.3, -0.25) is 4.79 Å². The van der Waals surface area contributed by atoms with E-state index in [1.807, 2.05) is 0 Å². The van der Waals surface area contributed by atoms with Crippen molar-refractivity contribution in [3.05, 3.63) is 68.0 Å². The van der Waals surface area contributed by atoms with Crippen LogP contribution in [0.2, 0.25) is 15.1 Å². The van der Waals surface area contributed by atoms with E-state index in [1.54, 1.807) is 6.07 Å². The predicted molar refractivity (Wildman–Crippen MR) is 113 cm³/mol. The number of halogens is 3. The van der Waals surface area contributed by atoms with Crippen molar-refractivity contribution in [3.63, 3.8) is 0 Å². The summed E-state index contributed by atoms with van der Waals surface area (Å²) in [5.74, 6) is -0.569. The van der Waals surface area contributed by atoms with Crippen molar-refractivity contribution in [2.45, 2.75) is 4.90 Å². The SMILES string of the molecule is CN(c1nc(N)c(C(=O)c2ccc(Cl)cc2Cl)s1)S(=O)(=O)c1cccc(Cl)c1. The molecule has 0 aliphatic carbocycles. The van der Waals surface area contributed by atoms with E-state index in [1.165, 1.54) is 43.4 Å². The molecule has 0 saturated carbocycles. The molecule has 0 bridgehead atoms. The Labute approximate surface area is 180 Å². The molecule has 0 spiro atoms. The number of sulfonamides is 1. The zero-order valence-electron chi connectivity index (χ0n) is 14.2. The van der Waals surface area contributed by atoms with Gasteiger partial charge in [-0.1, -0.05) is 52.2 Å². The minimum absolute atomic E-state index is 0.00936. The number of nitrogens with two attached hydrogens (primary N) is 1. The van der Waals surface area contributed by atoms with Crippen molar-refractivity contribution >= 4 is 72.9 Å². The van der Waals surface area contributed by atoms with E-state index >= 15 is 0 Å². The van der Waals surface area contributed by atoms with Crippen LogP contribution in [0.4, 0.5) is 10.9 Å². The molecule has 1 aromatic heterocycles. The van der Waals surface area contributed by atoms with E-state index < -0.39 is 15.8 Å². The quantitative estimate of drug-likeness (QED) is 0.537. The van der Waals surface area contributed by atoms with Crippen molar-refractivity contribution in [3.8, 4) is 0 Å². The van der Waals surface area contributed by atoms with E-state index in [4.69, 9.17) is 40.5 Å². The van der Waals surface area contributed by atoms with Crippen LogP contribution in [0, 0.1) is 0 Å². The highest BCUT2D eigenvalue weighted by molar-refractivity contribution is 7.93. The van der Waals surface area contributed by atoms with Crippen LogP contribution in [0.1, 0.15) is 15.2 Å². The molecule has 3 aromatic rings. The molecule has 0 aliphatic heterocycles. The van der Waals surface area contributed by atoms with Crippen LogP contribution in [-0.2, 0) is 10.0 Å². The average Bonchev–Trinajstić information content (AvgIpc) is 3.02. The molecule has 2 aromatic carbocycles. The van der Waals surface area contributed by atoms with E-state index in [-0.39, 0.29) is 36.3 Å². The second-order valence-electron chi connectivity index (χ2n) is 5.59. The fourth-order valence-corrected chi connectivity index (χ4v) is 5.35. The van der Waals surface area contributed by atoms with Crippen molar-refractivity contribution < 1.29 is 13.2 Å². The van der Waals surface area contributed by atoms with Gasteiger partial charge in [0.2, 0.25) is 10.9 Å². The summed E-state index contributed by atoms with van der Waals surface area (Å²) >= 11 is 18.7. The third kappa shape index (κ3) is 3.97. The Kier molecular flexibility index (Phi) is 5.88. The number of hydrogen-bond acceptors (Lipinski definition) is 6. The molecule has 146 valence electrons. The minimum atomic E-state index is -3.94. The first-order chi connectivity index (χ1) is 13.1. The Morgan fingerprint density at radius 1 is 1.11 bits per heavy atom. The summed E-state index contributed by atoms with van der Waals surface area (Å²) in [4.78, 5) is 16.9. The number of thiazole rings is 1. The second kappa shape index (κ2) is 7.88. The van der Waals surface area contributed by atoms with Crippen LogP contribution in [0.3, 0.4) is 0 Å². The molecule has 6 nitrogen and oxygen atoms in total. The van der Waals surface area contributed by atoms with Crippen LogP contribution >= 0.6 is 46.1 Å². The molecule has 0 radical (unpaired) electrons. The van der Waals surface area contributed by atoms with Crippen molar-refractivity contribution in [2.75, 3.05) is 17.1 Å². The number of nitrogens with zero attached hydrogens (tertiary/aromatic N) is 2. The van der Waals surface area contributed by atoms with Crippen molar-refractivity contribution in [1.29, 1.82) is 0 Å². The molecule has 0 fully saturated rings. The molecular formula is C17H12Cl3N3O3S2. The van der Waals surface area contributed by atoms with Crippen LogP contribution in [0.15, 0.2) is 47.4 Å². The first-order valence-corrected chi connectivity index (χ1v) is 11.0. The smallest absolute Gasteiger partial charge is 0.265 e. The van der Waals surface area contributed by atoms with Crippen molar-refractivity contribution in [2.24, 2.45) is 0 Å². The van der Waals surface area contributed by atoms with E-state index in [9.17, 15) is 13.2 Å². The standard InChI is InChI=1S/C17H12Cl3N3O3S2/c1-23(28(25,26)11-4-2-3-9(18)7-11)17-22-16(21)15(27-17)14(24)12-6-5-10(19)8-13(12)20/h2-8H,21H2,1H3. The van der Waals surface area contributed by atoms with Gasteiger partial charge in [0, 0.05) is 22.7 Å². The molecule has 0 saturated heterocycles. The summed E-state index contributed by atoms with van der Waals surface area (Å²) in [6.07, 6.45) is 0. The lowest BCUT2D eigenvalue weighted by Gasteiger charge is -2.16. The highest BCUT2D eigenvalue weighted by Crippen LogP contribution is 2.34. The molecule has 2 N–H and O–H groups in total. The van der Waals surface area contributed by atoms with Gasteiger partial charge in [-0.05, 0) is 36.4 Å². The van der Waals surface area contributed by atoms with Gasteiger partial charge in [-0.2, -0.15) is 0 Å². The van der Waals surface area contributed by atoms with Crippen molar-refractivity contribution in [1.82, 2.24) is 4.98 Å². The lowest BCUT2D eigenvalue weighted by Crippen LogP contribution is -2.26. The maximum Gasteiger partial charge on any atom is 0.265 e. The Morgan fingerprint density at radius 2 is 1.79 bits per heavy atom. The van der Waals surface area contributed by atoms with E-state index in [0.717, 1.165) is 15.6 Å². The summed E-state index contributed by atoms with van der Waals surface area (Å²) in [7, 11) is -2.62. The number of nitrogen functional groups attached to an aromatic ring is 1. The Bertz CT molecular complexity index is 1180. The zero-order valence-corrected chi connectivity index (χ0v) is 18.1. The maximum absolute atomic E-state index is 12.8. The number of hydrogen-bond donors (Lipinski definition) is 1. The Hall–Kier alpha value is -1.84. The molecule has 11 heteroatoms. The van der Waals surface area contributed by atoms with Crippen LogP contribution in [-0.4, -0.2) is 26.2 Å². The van der Waals surface area contributed by atoms with Gasteiger partial charge in [0.05, 0.1) is 9.92 Å². The minimum Gasteiger partial charge on any atom is -0.382 e. The number of rotatable bonds is 5. The molecule has 0 aliphatic rings. The Balaban J connectivity index is 1.98. The third-order valence-electron chi connectivity index (χ3n) is 3.75. The number of carbonyl (C=O) groups excluding carboxylic acids is 1. The fraction of sp³-hybridized carbons (Fsp3) is 0.0588. The van der Waals surface area contributed by atoms with E-state index in [0.29, 0.717) is 5.02 Å². The topological polar surface area (TPSA) is 93.4 Å². The highest BCUT2D eigenvalue weighted by Gasteiger charge is 2.27. The highest BCUT2D eigenvalue weighted by atomic mass is 35.5. The normalized spacial score (nSPS) is 11.4. The molecule has 0 atom stereocenters. The maximum atomic E-state index is 12.8.